The molecule has 2 fully saturated rings. The third-order valence-corrected chi connectivity index (χ3v) is 8.54. The summed E-state index contributed by atoms with van der Waals surface area (Å²) in [5, 5.41) is 14.2. The molecule has 7 nitrogen and oxygen atoms in total. The predicted molar refractivity (Wildman–Crippen MR) is 124 cm³/mol. The number of alkyl carbamates (subject to hydrolysis) is 1. The summed E-state index contributed by atoms with van der Waals surface area (Å²) in [4.78, 5) is 12.6. The van der Waals surface area contributed by atoms with Gasteiger partial charge in [0.2, 0.25) is 0 Å². The Morgan fingerprint density at radius 3 is 2.30 bits per heavy atom. The number of carbonyl (C=O) groups is 1. The molecular weight excluding hydrogens is 438 g/mol. The van der Waals surface area contributed by atoms with Gasteiger partial charge in [-0.25, -0.2) is 13.2 Å². The van der Waals surface area contributed by atoms with E-state index < -0.39 is 39.0 Å². The maximum atomic E-state index is 13.5. The second-order valence-electron chi connectivity index (χ2n) is 9.86. The maximum absolute atomic E-state index is 13.5. The number of rotatable bonds is 5. The second kappa shape index (κ2) is 8.47. The molecule has 3 atom stereocenters. The summed E-state index contributed by atoms with van der Waals surface area (Å²) >= 11 is 0. The van der Waals surface area contributed by atoms with Gasteiger partial charge in [0, 0.05) is 6.42 Å². The monoisotopic (exact) mass is 467 g/mol. The van der Waals surface area contributed by atoms with E-state index in [9.17, 15) is 18.5 Å². The van der Waals surface area contributed by atoms with Crippen LogP contribution >= 0.6 is 0 Å². The van der Waals surface area contributed by atoms with Crippen LogP contribution in [0.1, 0.15) is 57.2 Å². The zero-order valence-electron chi connectivity index (χ0n) is 19.0. The van der Waals surface area contributed by atoms with E-state index in [1.165, 1.54) is 0 Å². The summed E-state index contributed by atoms with van der Waals surface area (Å²) in [5.41, 5.74) is 1.08. The molecule has 1 saturated heterocycles. The molecule has 0 spiro atoms. The fourth-order valence-electron chi connectivity index (χ4n) is 4.14. The normalized spacial score (nSPS) is 24.0. The van der Waals surface area contributed by atoms with Gasteiger partial charge in [0.1, 0.15) is 5.54 Å². The molecule has 4 rings (SSSR count). The lowest BCUT2D eigenvalue weighted by molar-refractivity contribution is 0.0848. The van der Waals surface area contributed by atoms with Crippen molar-refractivity contribution in [3.05, 3.63) is 65.7 Å². The highest BCUT2D eigenvalue weighted by Crippen LogP contribution is 2.38. The van der Waals surface area contributed by atoms with Gasteiger partial charge in [0.25, 0.3) is 0 Å². The summed E-state index contributed by atoms with van der Waals surface area (Å²) in [5.74, 6) is 0. The van der Waals surface area contributed by atoms with Crippen molar-refractivity contribution >= 4 is 15.9 Å². The number of nitriles is 1. The molecule has 0 radical (unpaired) electrons. The molecule has 33 heavy (non-hydrogen) atoms. The Labute approximate surface area is 195 Å². The molecular formula is C25H29N3O4S. The van der Waals surface area contributed by atoms with Gasteiger partial charge in [-0.1, -0.05) is 63.2 Å². The first-order valence-corrected chi connectivity index (χ1v) is 12.6. The Morgan fingerprint density at radius 2 is 1.76 bits per heavy atom. The van der Waals surface area contributed by atoms with Gasteiger partial charge in [-0.3, -0.25) is 5.32 Å². The van der Waals surface area contributed by atoms with Crippen LogP contribution in [0.15, 0.2) is 59.5 Å². The third-order valence-electron chi connectivity index (χ3n) is 6.34. The first-order chi connectivity index (χ1) is 15.5. The van der Waals surface area contributed by atoms with E-state index >= 15 is 0 Å². The molecule has 2 aliphatic rings. The number of ether oxygens (including phenoxy) is 1. The van der Waals surface area contributed by atoms with E-state index in [-0.39, 0.29) is 16.7 Å². The van der Waals surface area contributed by atoms with E-state index in [0.717, 1.165) is 11.1 Å². The molecule has 2 aromatic rings. The minimum Gasteiger partial charge on any atom is -0.430 e. The van der Waals surface area contributed by atoms with Gasteiger partial charge < -0.3 is 10.1 Å². The lowest BCUT2D eigenvalue weighted by Gasteiger charge is -2.23. The predicted octanol–water partition coefficient (Wildman–Crippen LogP) is 3.97. The lowest BCUT2D eigenvalue weighted by atomic mass is 9.86. The van der Waals surface area contributed by atoms with Crippen LogP contribution in [0.4, 0.5) is 4.79 Å². The van der Waals surface area contributed by atoms with Crippen LogP contribution in [-0.2, 0) is 20.0 Å². The van der Waals surface area contributed by atoms with Crippen LogP contribution in [0.3, 0.4) is 0 Å². The van der Waals surface area contributed by atoms with Crippen LogP contribution in [0, 0.1) is 11.3 Å². The Balaban J connectivity index is 1.60. The molecule has 174 valence electrons. The smallest absolute Gasteiger partial charge is 0.409 e. The van der Waals surface area contributed by atoms with E-state index in [0.29, 0.717) is 12.8 Å². The van der Waals surface area contributed by atoms with E-state index in [1.807, 2.05) is 24.3 Å². The van der Waals surface area contributed by atoms with Gasteiger partial charge >= 0.3 is 6.09 Å². The van der Waals surface area contributed by atoms with E-state index in [2.05, 4.69) is 37.5 Å². The number of sulfone groups is 1. The van der Waals surface area contributed by atoms with Crippen LogP contribution in [0.25, 0.3) is 0 Å². The molecule has 1 heterocycles. The highest BCUT2D eigenvalue weighted by Gasteiger charge is 2.48. The molecule has 1 amide bonds. The minimum atomic E-state index is -3.70. The molecule has 2 N–H and O–H groups in total. The van der Waals surface area contributed by atoms with Crippen molar-refractivity contribution in [1.29, 1.82) is 5.26 Å². The molecule has 3 unspecified atom stereocenters. The second-order valence-corrected chi connectivity index (χ2v) is 12.0. The molecule has 0 aromatic heterocycles. The Hall–Kier alpha value is -2.89. The number of nitrogens with zero attached hydrogens (tertiary/aromatic N) is 1. The topological polar surface area (TPSA) is 108 Å². The van der Waals surface area contributed by atoms with Crippen molar-refractivity contribution in [3.8, 4) is 6.07 Å². The fraction of sp³-hybridized carbons (Fsp3) is 0.440. The number of hydrogen-bond donors (Lipinski definition) is 2. The fourth-order valence-corrected chi connectivity index (χ4v) is 6.05. The van der Waals surface area contributed by atoms with Crippen LogP contribution < -0.4 is 10.6 Å². The number of hydrogen-bond acceptors (Lipinski definition) is 6. The average Bonchev–Trinajstić information content (AvgIpc) is 3.42. The zero-order valence-corrected chi connectivity index (χ0v) is 19.9. The standard InChI is InChI=1S/C25H29N3O4S/c1-24(2,3)18-11-9-17(10-12-18)22-20(33(30,31)19-7-5-4-6-8-19)15-21(27-22)32-23(29)28-25(16-26)13-14-25/h4-12,20-22,27H,13-15H2,1-3H3,(H,28,29). The Morgan fingerprint density at radius 1 is 1.12 bits per heavy atom. The van der Waals surface area contributed by atoms with Crippen molar-refractivity contribution in [2.24, 2.45) is 0 Å². The van der Waals surface area contributed by atoms with Crippen LogP contribution in [0.5, 0.6) is 0 Å². The van der Waals surface area contributed by atoms with Gasteiger partial charge in [-0.05, 0) is 41.5 Å². The summed E-state index contributed by atoms with van der Waals surface area (Å²) in [6.45, 7) is 6.36. The zero-order chi connectivity index (χ0) is 23.9. The van der Waals surface area contributed by atoms with Crippen molar-refractivity contribution < 1.29 is 17.9 Å². The Kier molecular flexibility index (Phi) is 5.97. The first kappa shape index (κ1) is 23.3. The lowest BCUT2D eigenvalue weighted by Crippen LogP contribution is -2.40. The van der Waals surface area contributed by atoms with Crippen molar-refractivity contribution in [2.75, 3.05) is 0 Å². The van der Waals surface area contributed by atoms with Gasteiger partial charge in [-0.15, -0.1) is 0 Å². The van der Waals surface area contributed by atoms with Gasteiger partial charge in [0.05, 0.1) is 22.3 Å². The van der Waals surface area contributed by atoms with Crippen LogP contribution in [0.2, 0.25) is 0 Å². The minimum absolute atomic E-state index is 0.0274. The largest absolute Gasteiger partial charge is 0.430 e. The molecule has 8 heteroatoms. The van der Waals surface area contributed by atoms with Crippen molar-refractivity contribution in [3.63, 3.8) is 0 Å². The maximum Gasteiger partial charge on any atom is 0.409 e. The van der Waals surface area contributed by atoms with Crippen molar-refractivity contribution in [1.82, 2.24) is 10.6 Å². The SMILES string of the molecule is CC(C)(C)c1ccc(C2NC(OC(=O)NC3(C#N)CC3)CC2S(=O)(=O)c2ccccc2)cc1. The average molecular weight is 468 g/mol. The first-order valence-electron chi connectivity index (χ1n) is 11.1. The highest BCUT2D eigenvalue weighted by molar-refractivity contribution is 7.92. The summed E-state index contributed by atoms with van der Waals surface area (Å²) in [6, 6.07) is 17.7. The highest BCUT2D eigenvalue weighted by atomic mass is 32.2. The molecule has 1 aliphatic carbocycles. The molecule has 0 bridgehead atoms. The number of nitrogens with one attached hydrogen (secondary N) is 2. The van der Waals surface area contributed by atoms with Crippen molar-refractivity contribution in [2.45, 2.75) is 73.4 Å². The number of benzene rings is 2. The third kappa shape index (κ3) is 4.90. The quantitative estimate of drug-likeness (QED) is 0.689. The summed E-state index contributed by atoms with van der Waals surface area (Å²) < 4.78 is 32.5. The van der Waals surface area contributed by atoms with Crippen LogP contribution in [-0.4, -0.2) is 31.5 Å². The molecule has 1 saturated carbocycles. The summed E-state index contributed by atoms with van der Waals surface area (Å²) in [6.07, 6.45) is -0.230. The Bertz CT molecular complexity index is 1160. The van der Waals surface area contributed by atoms with Gasteiger partial charge in [0.15, 0.2) is 16.1 Å². The van der Waals surface area contributed by atoms with Gasteiger partial charge in [-0.2, -0.15) is 5.26 Å². The van der Waals surface area contributed by atoms with E-state index in [1.54, 1.807) is 30.3 Å². The summed E-state index contributed by atoms with van der Waals surface area (Å²) in [7, 11) is -3.70. The molecule has 1 aliphatic heterocycles. The number of amides is 1. The molecule has 2 aromatic carbocycles. The van der Waals surface area contributed by atoms with E-state index in [4.69, 9.17) is 4.74 Å². The number of carbonyl (C=O) groups excluding carboxylic acids is 1.